The largest absolute Gasteiger partial charge is 0.384 e. The number of carbonyl (C=O) groups excluding carboxylic acids is 2. The van der Waals surface area contributed by atoms with Gasteiger partial charge in [-0.3, -0.25) is 14.6 Å². The van der Waals surface area contributed by atoms with Crippen LogP contribution in [0.1, 0.15) is 48.8 Å². The number of anilines is 1. The number of nitrogen functional groups attached to an aromatic ring is 1. The SMILES string of the molecule is Cc1cc(N)nc(C)c1CNC(=O)c1ccnc(C(=O)N2C=Cc3c(Cl)cccc3C2)c1. The van der Waals surface area contributed by atoms with Gasteiger partial charge in [-0.05, 0) is 66.4 Å². The van der Waals surface area contributed by atoms with Gasteiger partial charge in [0.05, 0.1) is 6.54 Å². The summed E-state index contributed by atoms with van der Waals surface area (Å²) < 4.78 is 0. The second-order valence-electron chi connectivity index (χ2n) is 7.60. The molecule has 3 aromatic rings. The van der Waals surface area contributed by atoms with Gasteiger partial charge in [0.25, 0.3) is 11.8 Å². The van der Waals surface area contributed by atoms with Crippen molar-refractivity contribution >= 4 is 35.3 Å². The van der Waals surface area contributed by atoms with Gasteiger partial charge in [-0.15, -0.1) is 0 Å². The summed E-state index contributed by atoms with van der Waals surface area (Å²) in [5.74, 6) is -0.150. The Hall–Kier alpha value is -3.71. The molecule has 0 radical (unpaired) electrons. The van der Waals surface area contributed by atoms with Gasteiger partial charge in [0.1, 0.15) is 11.5 Å². The van der Waals surface area contributed by atoms with Crippen LogP contribution in [0.2, 0.25) is 5.02 Å². The van der Waals surface area contributed by atoms with Crippen LogP contribution in [0.15, 0.2) is 48.8 Å². The number of aryl methyl sites for hydroxylation is 2. The minimum absolute atomic E-state index is 0.189. The van der Waals surface area contributed by atoms with Gasteiger partial charge in [-0.25, -0.2) is 4.98 Å². The number of benzene rings is 1. The summed E-state index contributed by atoms with van der Waals surface area (Å²) in [5.41, 5.74) is 10.8. The molecule has 0 saturated carbocycles. The maximum Gasteiger partial charge on any atom is 0.276 e. The molecular weight excluding hydrogens is 426 g/mol. The fourth-order valence-electron chi connectivity index (χ4n) is 3.71. The number of nitrogens with zero attached hydrogens (tertiary/aromatic N) is 3. The topological polar surface area (TPSA) is 101 Å². The maximum atomic E-state index is 13.0. The Morgan fingerprint density at radius 2 is 2.03 bits per heavy atom. The Bertz CT molecular complexity index is 1230. The first-order chi connectivity index (χ1) is 15.3. The molecule has 0 unspecified atom stereocenters. The second-order valence-corrected chi connectivity index (χ2v) is 8.01. The van der Waals surface area contributed by atoms with E-state index >= 15 is 0 Å². The summed E-state index contributed by atoms with van der Waals surface area (Å²) in [7, 11) is 0. The zero-order valence-corrected chi connectivity index (χ0v) is 18.5. The smallest absolute Gasteiger partial charge is 0.276 e. The van der Waals surface area contributed by atoms with Crippen LogP contribution in [-0.2, 0) is 13.1 Å². The number of halogens is 1. The van der Waals surface area contributed by atoms with Crippen LogP contribution in [0.25, 0.3) is 6.08 Å². The van der Waals surface area contributed by atoms with Crippen molar-refractivity contribution in [3.8, 4) is 0 Å². The number of nitrogens with two attached hydrogens (primary N) is 1. The van der Waals surface area contributed by atoms with Crippen LogP contribution >= 0.6 is 11.6 Å². The third kappa shape index (κ3) is 4.33. The number of hydrogen-bond acceptors (Lipinski definition) is 5. The van der Waals surface area contributed by atoms with Gasteiger partial charge in [-0.1, -0.05) is 23.7 Å². The molecule has 0 fully saturated rings. The zero-order chi connectivity index (χ0) is 22.8. The van der Waals surface area contributed by atoms with E-state index in [-0.39, 0.29) is 17.5 Å². The highest BCUT2D eigenvalue weighted by atomic mass is 35.5. The van der Waals surface area contributed by atoms with Crippen molar-refractivity contribution < 1.29 is 9.59 Å². The van der Waals surface area contributed by atoms with Crippen LogP contribution in [0.5, 0.6) is 0 Å². The van der Waals surface area contributed by atoms with Gasteiger partial charge in [0, 0.05) is 35.2 Å². The van der Waals surface area contributed by atoms with E-state index in [0.717, 1.165) is 27.9 Å². The first-order valence-electron chi connectivity index (χ1n) is 10.1. The van der Waals surface area contributed by atoms with Crippen molar-refractivity contribution in [2.45, 2.75) is 26.9 Å². The van der Waals surface area contributed by atoms with Gasteiger partial charge in [0.15, 0.2) is 0 Å². The number of amides is 2. The average molecular weight is 448 g/mol. The number of pyridine rings is 2. The Morgan fingerprint density at radius 3 is 2.81 bits per heavy atom. The molecule has 0 spiro atoms. The summed E-state index contributed by atoms with van der Waals surface area (Å²) >= 11 is 6.22. The van der Waals surface area contributed by atoms with Crippen LogP contribution < -0.4 is 11.1 Å². The molecule has 0 atom stereocenters. The highest BCUT2D eigenvalue weighted by Gasteiger charge is 2.21. The molecule has 0 saturated heterocycles. The first kappa shape index (κ1) is 21.5. The molecule has 3 N–H and O–H groups in total. The summed E-state index contributed by atoms with van der Waals surface area (Å²) in [6, 6.07) is 10.4. The summed E-state index contributed by atoms with van der Waals surface area (Å²) in [4.78, 5) is 35.7. The first-order valence-corrected chi connectivity index (χ1v) is 10.4. The van der Waals surface area contributed by atoms with Crippen molar-refractivity contribution in [2.24, 2.45) is 0 Å². The van der Waals surface area contributed by atoms with Crippen LogP contribution in [0.4, 0.5) is 5.82 Å². The lowest BCUT2D eigenvalue weighted by Gasteiger charge is -2.24. The Labute approximate surface area is 190 Å². The van der Waals surface area contributed by atoms with Crippen LogP contribution in [0.3, 0.4) is 0 Å². The molecule has 1 aromatic carbocycles. The van der Waals surface area contributed by atoms with Crippen molar-refractivity contribution in [1.29, 1.82) is 0 Å². The van der Waals surface area contributed by atoms with Crippen LogP contribution in [0, 0.1) is 13.8 Å². The number of nitrogens with one attached hydrogen (secondary N) is 1. The number of carbonyl (C=O) groups is 2. The van der Waals surface area contributed by atoms with E-state index in [2.05, 4.69) is 15.3 Å². The van der Waals surface area contributed by atoms with Gasteiger partial charge in [0.2, 0.25) is 0 Å². The van der Waals surface area contributed by atoms with E-state index in [1.54, 1.807) is 29.3 Å². The predicted octanol–water partition coefficient (Wildman–Crippen LogP) is 3.89. The second kappa shape index (κ2) is 8.80. The van der Waals surface area contributed by atoms with E-state index in [4.69, 9.17) is 17.3 Å². The Kier molecular flexibility index (Phi) is 5.92. The lowest BCUT2D eigenvalue weighted by molar-refractivity contribution is 0.0807. The fourth-order valence-corrected chi connectivity index (χ4v) is 3.97. The highest BCUT2D eigenvalue weighted by Crippen LogP contribution is 2.27. The summed E-state index contributed by atoms with van der Waals surface area (Å²) in [6.07, 6.45) is 4.95. The lowest BCUT2D eigenvalue weighted by Crippen LogP contribution is -2.29. The monoisotopic (exact) mass is 447 g/mol. The maximum absolute atomic E-state index is 13.0. The van der Waals surface area contributed by atoms with E-state index in [9.17, 15) is 9.59 Å². The molecule has 0 aliphatic carbocycles. The number of rotatable bonds is 4. The molecule has 1 aliphatic rings. The van der Waals surface area contributed by atoms with Crippen molar-refractivity contribution in [3.63, 3.8) is 0 Å². The number of hydrogen-bond donors (Lipinski definition) is 2. The molecular formula is C24H22ClN5O2. The summed E-state index contributed by atoms with van der Waals surface area (Å²) in [5, 5.41) is 3.52. The van der Waals surface area contributed by atoms with Gasteiger partial charge in [-0.2, -0.15) is 0 Å². The molecule has 0 bridgehead atoms. The summed E-state index contributed by atoms with van der Waals surface area (Å²) in [6.45, 7) is 4.46. The molecule has 32 heavy (non-hydrogen) atoms. The molecule has 4 rings (SSSR count). The zero-order valence-electron chi connectivity index (χ0n) is 17.7. The molecule has 3 heterocycles. The highest BCUT2D eigenvalue weighted by molar-refractivity contribution is 6.32. The Balaban J connectivity index is 1.48. The van der Waals surface area contributed by atoms with E-state index < -0.39 is 0 Å². The molecule has 8 heteroatoms. The molecule has 2 amide bonds. The molecule has 162 valence electrons. The van der Waals surface area contributed by atoms with Crippen molar-refractivity contribution in [1.82, 2.24) is 20.2 Å². The van der Waals surface area contributed by atoms with Gasteiger partial charge < -0.3 is 16.0 Å². The van der Waals surface area contributed by atoms with Crippen molar-refractivity contribution in [2.75, 3.05) is 5.73 Å². The van der Waals surface area contributed by atoms with E-state index in [1.807, 2.05) is 32.0 Å². The fraction of sp³-hybridized carbons (Fsp3) is 0.167. The lowest BCUT2D eigenvalue weighted by atomic mass is 10.0. The van der Waals surface area contributed by atoms with Crippen molar-refractivity contribution in [3.05, 3.63) is 93.0 Å². The van der Waals surface area contributed by atoms with Crippen LogP contribution in [-0.4, -0.2) is 26.7 Å². The Morgan fingerprint density at radius 1 is 1.22 bits per heavy atom. The van der Waals surface area contributed by atoms with E-state index in [0.29, 0.717) is 29.5 Å². The minimum Gasteiger partial charge on any atom is -0.384 e. The molecule has 7 nitrogen and oxygen atoms in total. The predicted molar refractivity (Wildman–Crippen MR) is 124 cm³/mol. The number of aromatic nitrogens is 2. The standard InChI is InChI=1S/C24H22ClN5O2/c1-14-10-22(26)29-15(2)19(14)12-28-23(31)16-6-8-27-21(11-16)24(32)30-9-7-18-17(13-30)4-3-5-20(18)25/h3-11H,12-13H2,1-2H3,(H2,26,29)(H,28,31). The van der Waals surface area contributed by atoms with E-state index in [1.165, 1.54) is 12.3 Å². The molecule has 1 aliphatic heterocycles. The third-order valence-corrected chi connectivity index (χ3v) is 5.74. The minimum atomic E-state index is -0.302. The quantitative estimate of drug-likeness (QED) is 0.631. The molecule has 2 aromatic heterocycles. The third-order valence-electron chi connectivity index (χ3n) is 5.41. The van der Waals surface area contributed by atoms with Gasteiger partial charge >= 0.3 is 0 Å². The number of fused-ring (bicyclic) bond motifs is 1. The normalized spacial score (nSPS) is 12.4. The average Bonchev–Trinajstić information content (AvgIpc) is 2.77.